The summed E-state index contributed by atoms with van der Waals surface area (Å²) in [5.74, 6) is -1.86. The summed E-state index contributed by atoms with van der Waals surface area (Å²) in [6, 6.07) is 11.9. The lowest BCUT2D eigenvalue weighted by atomic mass is 10.0. The van der Waals surface area contributed by atoms with Crippen molar-refractivity contribution in [1.82, 2.24) is 0 Å². The second-order valence-corrected chi connectivity index (χ2v) is 6.21. The maximum atomic E-state index is 12.5. The zero-order chi connectivity index (χ0) is 19.7. The zero-order valence-corrected chi connectivity index (χ0v) is 14.8. The Balaban J connectivity index is 1.82. The molecular weight excluding hydrogens is 346 g/mol. The molecule has 136 valence electrons. The molecular formula is C21H17NO5. The third kappa shape index (κ3) is 3.29. The average Bonchev–Trinajstić information content (AvgIpc) is 2.91. The Morgan fingerprint density at radius 1 is 1.00 bits per heavy atom. The molecule has 2 aromatic rings. The Hall–Kier alpha value is -3.54. The number of ketones is 2. The molecule has 1 aliphatic carbocycles. The Labute approximate surface area is 155 Å². The number of carbonyl (C=O) groups is 3. The van der Waals surface area contributed by atoms with Gasteiger partial charge in [0.1, 0.15) is 12.4 Å². The molecule has 0 unspecified atom stereocenters. The van der Waals surface area contributed by atoms with Crippen LogP contribution in [0.3, 0.4) is 0 Å². The van der Waals surface area contributed by atoms with Gasteiger partial charge in [-0.05, 0) is 37.1 Å². The van der Waals surface area contributed by atoms with Crippen LogP contribution in [0.25, 0.3) is 11.1 Å². The average molecular weight is 363 g/mol. The van der Waals surface area contributed by atoms with Crippen molar-refractivity contribution in [1.29, 1.82) is 5.41 Å². The van der Waals surface area contributed by atoms with Gasteiger partial charge in [-0.3, -0.25) is 9.59 Å². The van der Waals surface area contributed by atoms with Gasteiger partial charge in [0.05, 0.1) is 11.1 Å². The molecule has 0 aliphatic heterocycles. The summed E-state index contributed by atoms with van der Waals surface area (Å²) in [5, 5.41) is 17.5. The van der Waals surface area contributed by atoms with Crippen molar-refractivity contribution in [2.24, 2.45) is 0 Å². The number of nitrogens with one attached hydrogen (secondary N) is 1. The van der Waals surface area contributed by atoms with Gasteiger partial charge in [0.15, 0.2) is 11.6 Å². The standard InChI is InChI=1S/C21H17NO5/c1-11(22)19(12(2)23)18(24)10-27-21(26)13-7-8-15-14-5-3-4-6-16(14)20(25)17(15)9-13/h3-9,22,24H,10H2,1-2H3/b19-18-,22-11?. The van der Waals surface area contributed by atoms with E-state index in [0.717, 1.165) is 11.1 Å². The van der Waals surface area contributed by atoms with Gasteiger partial charge in [0.25, 0.3) is 0 Å². The smallest absolute Gasteiger partial charge is 0.338 e. The van der Waals surface area contributed by atoms with Crippen molar-refractivity contribution in [3.8, 4) is 11.1 Å². The number of aliphatic hydroxyl groups excluding tert-OH is 1. The molecule has 2 aromatic carbocycles. The summed E-state index contributed by atoms with van der Waals surface area (Å²) in [6.07, 6.45) is 0. The first kappa shape index (κ1) is 18.3. The van der Waals surface area contributed by atoms with Crippen molar-refractivity contribution in [3.05, 3.63) is 70.5 Å². The molecule has 2 N–H and O–H groups in total. The highest BCUT2D eigenvalue weighted by atomic mass is 16.5. The largest absolute Gasteiger partial charge is 0.508 e. The molecule has 0 radical (unpaired) electrons. The Bertz CT molecular complexity index is 1020. The molecule has 0 saturated carbocycles. The monoisotopic (exact) mass is 363 g/mol. The van der Waals surface area contributed by atoms with Gasteiger partial charge < -0.3 is 15.3 Å². The fourth-order valence-electron chi connectivity index (χ4n) is 3.13. The van der Waals surface area contributed by atoms with E-state index in [0.29, 0.717) is 11.1 Å². The molecule has 3 rings (SSSR count). The summed E-state index contributed by atoms with van der Waals surface area (Å²) in [4.78, 5) is 36.3. The quantitative estimate of drug-likeness (QED) is 0.312. The highest BCUT2D eigenvalue weighted by Crippen LogP contribution is 2.36. The van der Waals surface area contributed by atoms with Crippen LogP contribution >= 0.6 is 0 Å². The predicted molar refractivity (Wildman–Crippen MR) is 99.3 cm³/mol. The first-order valence-corrected chi connectivity index (χ1v) is 8.25. The minimum absolute atomic E-state index is 0.114. The van der Waals surface area contributed by atoms with Gasteiger partial charge in [0, 0.05) is 16.8 Å². The van der Waals surface area contributed by atoms with E-state index in [-0.39, 0.29) is 22.6 Å². The third-order valence-electron chi connectivity index (χ3n) is 4.32. The molecule has 0 saturated heterocycles. The normalized spacial score (nSPS) is 12.7. The highest BCUT2D eigenvalue weighted by Gasteiger charge is 2.27. The van der Waals surface area contributed by atoms with E-state index < -0.39 is 24.1 Å². The number of Topliss-reactive ketones (excluding diaryl/α,β-unsaturated/α-hetero) is 1. The van der Waals surface area contributed by atoms with E-state index in [4.69, 9.17) is 10.1 Å². The van der Waals surface area contributed by atoms with Crippen LogP contribution in [0, 0.1) is 5.41 Å². The second-order valence-electron chi connectivity index (χ2n) is 6.21. The van der Waals surface area contributed by atoms with E-state index in [2.05, 4.69) is 0 Å². The zero-order valence-electron chi connectivity index (χ0n) is 14.8. The van der Waals surface area contributed by atoms with E-state index >= 15 is 0 Å². The van der Waals surface area contributed by atoms with E-state index in [1.165, 1.54) is 19.9 Å². The van der Waals surface area contributed by atoms with Crippen molar-refractivity contribution < 1.29 is 24.2 Å². The molecule has 6 nitrogen and oxygen atoms in total. The summed E-state index contributed by atoms with van der Waals surface area (Å²) in [6.45, 7) is 2.04. The van der Waals surface area contributed by atoms with Gasteiger partial charge in [-0.2, -0.15) is 0 Å². The van der Waals surface area contributed by atoms with E-state index in [1.807, 2.05) is 12.1 Å². The third-order valence-corrected chi connectivity index (χ3v) is 4.32. The molecule has 0 heterocycles. The molecule has 1 aliphatic rings. The lowest BCUT2D eigenvalue weighted by Crippen LogP contribution is -2.15. The fraction of sp³-hybridized carbons (Fsp3) is 0.143. The maximum absolute atomic E-state index is 12.5. The van der Waals surface area contributed by atoms with E-state index in [9.17, 15) is 19.5 Å². The first-order chi connectivity index (χ1) is 12.8. The van der Waals surface area contributed by atoms with Crippen molar-refractivity contribution in [2.45, 2.75) is 13.8 Å². The predicted octanol–water partition coefficient (Wildman–Crippen LogP) is 3.50. The fourth-order valence-corrected chi connectivity index (χ4v) is 3.13. The maximum Gasteiger partial charge on any atom is 0.338 e. The van der Waals surface area contributed by atoms with Crippen LogP contribution < -0.4 is 0 Å². The second kappa shape index (κ2) is 6.99. The number of benzene rings is 2. The van der Waals surface area contributed by atoms with Gasteiger partial charge >= 0.3 is 5.97 Å². The summed E-state index contributed by atoms with van der Waals surface area (Å²) in [7, 11) is 0. The van der Waals surface area contributed by atoms with Crippen LogP contribution in [0.15, 0.2) is 53.8 Å². The van der Waals surface area contributed by atoms with Crippen LogP contribution in [0.4, 0.5) is 0 Å². The number of hydrogen-bond acceptors (Lipinski definition) is 6. The first-order valence-electron chi connectivity index (χ1n) is 8.25. The lowest BCUT2D eigenvalue weighted by Gasteiger charge is -2.09. The molecule has 6 heteroatoms. The van der Waals surface area contributed by atoms with Crippen molar-refractivity contribution in [3.63, 3.8) is 0 Å². The van der Waals surface area contributed by atoms with E-state index in [1.54, 1.807) is 24.3 Å². The SMILES string of the molecule is CC(=N)/C(C(C)=O)=C(/O)COC(=O)c1ccc2c(c1)C(=O)c1ccccc1-2. The number of rotatable bonds is 5. The Morgan fingerprint density at radius 3 is 2.26 bits per heavy atom. The molecule has 0 bridgehead atoms. The number of allylic oxidation sites excluding steroid dienone is 1. The minimum atomic E-state index is -0.737. The molecule has 0 fully saturated rings. The van der Waals surface area contributed by atoms with Crippen LogP contribution in [0.2, 0.25) is 0 Å². The molecule has 0 atom stereocenters. The van der Waals surface area contributed by atoms with Crippen molar-refractivity contribution >= 4 is 23.2 Å². The van der Waals surface area contributed by atoms with Crippen LogP contribution in [0.5, 0.6) is 0 Å². The highest BCUT2D eigenvalue weighted by molar-refractivity contribution is 6.22. The van der Waals surface area contributed by atoms with Gasteiger partial charge in [0.2, 0.25) is 0 Å². The number of hydrogen-bond donors (Lipinski definition) is 2. The van der Waals surface area contributed by atoms with Gasteiger partial charge in [-0.25, -0.2) is 4.79 Å². The van der Waals surface area contributed by atoms with Crippen molar-refractivity contribution in [2.75, 3.05) is 6.61 Å². The Kier molecular flexibility index (Phi) is 4.73. The molecule has 0 spiro atoms. The molecule has 0 aromatic heterocycles. The minimum Gasteiger partial charge on any atom is -0.508 e. The Morgan fingerprint density at radius 2 is 1.63 bits per heavy atom. The topological polar surface area (TPSA) is 105 Å². The molecule has 0 amide bonds. The number of aliphatic hydroxyl groups is 1. The number of esters is 1. The lowest BCUT2D eigenvalue weighted by molar-refractivity contribution is -0.113. The molecule has 27 heavy (non-hydrogen) atoms. The van der Waals surface area contributed by atoms with Gasteiger partial charge in [-0.1, -0.05) is 30.3 Å². The summed E-state index contributed by atoms with van der Waals surface area (Å²) in [5.41, 5.74) is 2.47. The van der Waals surface area contributed by atoms with Crippen LogP contribution in [0.1, 0.15) is 40.1 Å². The number of ether oxygens (including phenoxy) is 1. The number of carbonyl (C=O) groups excluding carboxylic acids is 3. The van der Waals surface area contributed by atoms with Gasteiger partial charge in [-0.15, -0.1) is 0 Å². The van der Waals surface area contributed by atoms with Crippen LogP contribution in [-0.2, 0) is 9.53 Å². The number of fused-ring (bicyclic) bond motifs is 3. The summed E-state index contributed by atoms with van der Waals surface area (Å²) >= 11 is 0. The summed E-state index contributed by atoms with van der Waals surface area (Å²) < 4.78 is 5.04. The van der Waals surface area contributed by atoms with Crippen LogP contribution in [-0.4, -0.2) is 35.0 Å².